The highest BCUT2D eigenvalue weighted by Gasteiger charge is 2.00. The molecule has 0 aromatic heterocycles. The van der Waals surface area contributed by atoms with Gasteiger partial charge in [0.1, 0.15) is 5.75 Å². The van der Waals surface area contributed by atoms with Crippen LogP contribution in [0.2, 0.25) is 5.02 Å². The Labute approximate surface area is 122 Å². The zero-order valence-electron chi connectivity index (χ0n) is 10.7. The lowest BCUT2D eigenvalue weighted by Gasteiger charge is -2.07. The van der Waals surface area contributed by atoms with Gasteiger partial charge in [0, 0.05) is 10.6 Å². The van der Waals surface area contributed by atoms with Crippen LogP contribution in [0.4, 0.5) is 5.69 Å². The van der Waals surface area contributed by atoms with Gasteiger partial charge in [-0.15, -0.1) is 11.8 Å². The predicted molar refractivity (Wildman–Crippen MR) is 83.3 cm³/mol. The Kier molecular flexibility index (Phi) is 5.00. The predicted octanol–water partition coefficient (Wildman–Crippen LogP) is 4.40. The molecule has 0 heterocycles. The van der Waals surface area contributed by atoms with Crippen LogP contribution in [0.5, 0.6) is 5.75 Å². The summed E-state index contributed by atoms with van der Waals surface area (Å²) in [6.07, 6.45) is 0. The Balaban J connectivity index is 1.77. The zero-order chi connectivity index (χ0) is 13.7. The van der Waals surface area contributed by atoms with E-state index in [4.69, 9.17) is 22.1 Å². The number of aryl methyl sites for hydroxylation is 1. The second kappa shape index (κ2) is 6.73. The van der Waals surface area contributed by atoms with Gasteiger partial charge in [0.2, 0.25) is 0 Å². The van der Waals surface area contributed by atoms with Crippen molar-refractivity contribution in [2.24, 2.45) is 0 Å². The Hall–Kier alpha value is -1.32. The average molecular weight is 294 g/mol. The lowest BCUT2D eigenvalue weighted by Crippen LogP contribution is -1.99. The fraction of sp³-hybridized carbons (Fsp3) is 0.200. The number of hydrogen-bond donors (Lipinski definition) is 1. The molecule has 2 nitrogen and oxygen atoms in total. The first-order chi connectivity index (χ1) is 9.15. The zero-order valence-corrected chi connectivity index (χ0v) is 12.3. The van der Waals surface area contributed by atoms with Gasteiger partial charge in [0.05, 0.1) is 17.3 Å². The molecule has 0 radical (unpaired) electrons. The summed E-state index contributed by atoms with van der Waals surface area (Å²) < 4.78 is 5.66. The number of benzene rings is 2. The van der Waals surface area contributed by atoms with Crippen molar-refractivity contribution in [2.75, 3.05) is 18.1 Å². The monoisotopic (exact) mass is 293 g/mol. The fourth-order valence-corrected chi connectivity index (χ4v) is 2.56. The van der Waals surface area contributed by atoms with E-state index in [1.165, 1.54) is 5.56 Å². The van der Waals surface area contributed by atoms with Crippen molar-refractivity contribution in [3.8, 4) is 5.75 Å². The molecule has 4 heteroatoms. The summed E-state index contributed by atoms with van der Waals surface area (Å²) in [4.78, 5) is 1.10. The number of anilines is 1. The molecule has 0 unspecified atom stereocenters. The van der Waals surface area contributed by atoms with Crippen LogP contribution in [0.25, 0.3) is 0 Å². The third kappa shape index (κ3) is 4.37. The minimum atomic E-state index is 0.601. The molecule has 0 saturated heterocycles. The van der Waals surface area contributed by atoms with Crippen molar-refractivity contribution in [3.05, 3.63) is 53.1 Å². The molecular weight excluding hydrogens is 278 g/mol. The summed E-state index contributed by atoms with van der Waals surface area (Å²) >= 11 is 7.67. The highest BCUT2D eigenvalue weighted by atomic mass is 35.5. The molecule has 0 bridgehead atoms. The Morgan fingerprint density at radius 3 is 2.58 bits per heavy atom. The number of ether oxygens (including phenoxy) is 1. The standard InChI is InChI=1S/C15H16ClNOS/c1-11-2-4-12(5-3-11)18-8-9-19-13-6-7-15(17)14(16)10-13/h2-7,10H,8-9,17H2,1H3. The van der Waals surface area contributed by atoms with Gasteiger partial charge < -0.3 is 10.5 Å². The molecule has 0 aliphatic rings. The van der Waals surface area contributed by atoms with E-state index in [0.29, 0.717) is 17.3 Å². The maximum Gasteiger partial charge on any atom is 0.119 e. The van der Waals surface area contributed by atoms with Crippen LogP contribution < -0.4 is 10.5 Å². The first-order valence-electron chi connectivity index (χ1n) is 6.02. The first-order valence-corrected chi connectivity index (χ1v) is 7.39. The van der Waals surface area contributed by atoms with Gasteiger partial charge in [-0.3, -0.25) is 0 Å². The normalized spacial score (nSPS) is 10.4. The van der Waals surface area contributed by atoms with E-state index < -0.39 is 0 Å². The fourth-order valence-electron chi connectivity index (χ4n) is 1.55. The molecular formula is C15H16ClNOS. The van der Waals surface area contributed by atoms with Gasteiger partial charge in [-0.2, -0.15) is 0 Å². The van der Waals surface area contributed by atoms with Crippen molar-refractivity contribution in [1.82, 2.24) is 0 Å². The maximum atomic E-state index is 5.97. The molecule has 2 aromatic rings. The molecule has 0 amide bonds. The van der Waals surface area contributed by atoms with Crippen LogP contribution >= 0.6 is 23.4 Å². The van der Waals surface area contributed by atoms with Crippen LogP contribution in [0.15, 0.2) is 47.4 Å². The van der Waals surface area contributed by atoms with Crippen LogP contribution in [0, 0.1) is 6.92 Å². The Bertz CT molecular complexity index is 542. The highest BCUT2D eigenvalue weighted by molar-refractivity contribution is 7.99. The second-order valence-electron chi connectivity index (χ2n) is 4.19. The average Bonchev–Trinajstić information content (AvgIpc) is 2.41. The SMILES string of the molecule is Cc1ccc(OCCSc2ccc(N)c(Cl)c2)cc1. The van der Waals surface area contributed by atoms with E-state index in [-0.39, 0.29) is 0 Å². The van der Waals surface area contributed by atoms with Crippen molar-refractivity contribution < 1.29 is 4.74 Å². The van der Waals surface area contributed by atoms with Crippen molar-refractivity contribution in [1.29, 1.82) is 0 Å². The topological polar surface area (TPSA) is 35.2 Å². The summed E-state index contributed by atoms with van der Waals surface area (Å²) in [6, 6.07) is 13.7. The number of hydrogen-bond acceptors (Lipinski definition) is 3. The van der Waals surface area contributed by atoms with Gasteiger partial charge in [0.15, 0.2) is 0 Å². The largest absolute Gasteiger partial charge is 0.493 e. The molecule has 0 spiro atoms. The van der Waals surface area contributed by atoms with Gasteiger partial charge in [-0.05, 0) is 37.3 Å². The summed E-state index contributed by atoms with van der Waals surface area (Å²) in [5, 5.41) is 0.601. The quantitative estimate of drug-likeness (QED) is 0.504. The molecule has 100 valence electrons. The lowest BCUT2D eigenvalue weighted by atomic mass is 10.2. The Morgan fingerprint density at radius 1 is 1.16 bits per heavy atom. The number of thioether (sulfide) groups is 1. The molecule has 2 rings (SSSR count). The van der Waals surface area contributed by atoms with E-state index in [9.17, 15) is 0 Å². The summed E-state index contributed by atoms with van der Waals surface area (Å²) in [6.45, 7) is 2.72. The van der Waals surface area contributed by atoms with E-state index in [0.717, 1.165) is 16.4 Å². The van der Waals surface area contributed by atoms with Crippen molar-refractivity contribution in [3.63, 3.8) is 0 Å². The van der Waals surface area contributed by atoms with Gasteiger partial charge in [0.25, 0.3) is 0 Å². The minimum Gasteiger partial charge on any atom is -0.493 e. The first kappa shape index (κ1) is 14.1. The van der Waals surface area contributed by atoms with E-state index in [1.807, 2.05) is 42.5 Å². The molecule has 0 aliphatic heterocycles. The Morgan fingerprint density at radius 2 is 1.89 bits per heavy atom. The van der Waals surface area contributed by atoms with Crippen molar-refractivity contribution in [2.45, 2.75) is 11.8 Å². The highest BCUT2D eigenvalue weighted by Crippen LogP contribution is 2.26. The van der Waals surface area contributed by atoms with Gasteiger partial charge in [-0.25, -0.2) is 0 Å². The van der Waals surface area contributed by atoms with Crippen LogP contribution in [0.1, 0.15) is 5.56 Å². The smallest absolute Gasteiger partial charge is 0.119 e. The van der Waals surface area contributed by atoms with Crippen LogP contribution in [-0.2, 0) is 0 Å². The van der Waals surface area contributed by atoms with Crippen molar-refractivity contribution >= 4 is 29.1 Å². The van der Waals surface area contributed by atoms with Gasteiger partial charge in [-0.1, -0.05) is 29.3 Å². The number of nitrogen functional groups attached to an aromatic ring is 1. The summed E-state index contributed by atoms with van der Waals surface area (Å²) in [5.41, 5.74) is 7.51. The number of rotatable bonds is 5. The molecule has 0 saturated carbocycles. The second-order valence-corrected chi connectivity index (χ2v) is 5.77. The number of nitrogens with two attached hydrogens (primary N) is 1. The van der Waals surface area contributed by atoms with Crippen LogP contribution in [0.3, 0.4) is 0 Å². The third-order valence-electron chi connectivity index (χ3n) is 2.61. The molecule has 2 aromatic carbocycles. The third-order valence-corrected chi connectivity index (χ3v) is 3.90. The summed E-state index contributed by atoms with van der Waals surface area (Å²) in [7, 11) is 0. The maximum absolute atomic E-state index is 5.97. The molecule has 19 heavy (non-hydrogen) atoms. The van der Waals surface area contributed by atoms with Crippen LogP contribution in [-0.4, -0.2) is 12.4 Å². The van der Waals surface area contributed by atoms with E-state index >= 15 is 0 Å². The molecule has 0 fully saturated rings. The summed E-state index contributed by atoms with van der Waals surface area (Å²) in [5.74, 6) is 1.77. The minimum absolute atomic E-state index is 0.601. The molecule has 0 atom stereocenters. The lowest BCUT2D eigenvalue weighted by molar-refractivity contribution is 0.344. The van der Waals surface area contributed by atoms with E-state index in [1.54, 1.807) is 11.8 Å². The van der Waals surface area contributed by atoms with E-state index in [2.05, 4.69) is 6.92 Å². The molecule has 0 aliphatic carbocycles. The number of halogens is 1. The molecule has 2 N–H and O–H groups in total. The van der Waals surface area contributed by atoms with Gasteiger partial charge >= 0.3 is 0 Å².